The van der Waals surface area contributed by atoms with E-state index in [1.807, 2.05) is 46.7 Å². The van der Waals surface area contributed by atoms with E-state index in [2.05, 4.69) is 12.2 Å². The van der Waals surface area contributed by atoms with Crippen LogP contribution in [0, 0.1) is 5.41 Å². The quantitative estimate of drug-likeness (QED) is 0.261. The number of rotatable bonds is 13. The number of likely N-dealkylation sites (N-methyl/N-ethyl adjacent to an activating group) is 2. The minimum Gasteiger partial charge on any atom is -0.463 e. The fraction of sp³-hybridized carbons (Fsp3) is 0.800. The lowest BCUT2D eigenvalue weighted by Gasteiger charge is -2.39. The van der Waals surface area contributed by atoms with Crippen LogP contribution in [0.2, 0.25) is 0 Å². The number of hydrogen-bond donors (Lipinski definition) is 1. The molecule has 7 nitrogen and oxygen atoms in total. The summed E-state index contributed by atoms with van der Waals surface area (Å²) < 4.78 is 4.99. The Morgan fingerprint density at radius 3 is 2.06 bits per heavy atom. The molecule has 2 unspecified atom stereocenters. The molecular weight excluding hydrogens is 406 g/mol. The molecule has 0 bridgehead atoms. The average Bonchev–Trinajstić information content (AvgIpc) is 2.71. The van der Waals surface area contributed by atoms with Gasteiger partial charge in [0.15, 0.2) is 0 Å². The van der Waals surface area contributed by atoms with Crippen molar-refractivity contribution in [2.24, 2.45) is 5.41 Å². The van der Waals surface area contributed by atoms with Gasteiger partial charge in [0.1, 0.15) is 6.04 Å². The predicted molar refractivity (Wildman–Crippen MR) is 130 cm³/mol. The Labute approximate surface area is 195 Å². The second-order valence-electron chi connectivity index (χ2n) is 10.1. The third-order valence-electron chi connectivity index (χ3n) is 6.03. The third-order valence-corrected chi connectivity index (χ3v) is 6.03. The fourth-order valence-corrected chi connectivity index (χ4v) is 3.28. The summed E-state index contributed by atoms with van der Waals surface area (Å²) in [5.74, 6) is -0.719. The van der Waals surface area contributed by atoms with E-state index >= 15 is 0 Å². The van der Waals surface area contributed by atoms with Crippen LogP contribution in [0.1, 0.15) is 80.6 Å². The number of nitrogens with one attached hydrogen (secondary N) is 1. The van der Waals surface area contributed by atoms with Gasteiger partial charge in [0, 0.05) is 19.2 Å². The van der Waals surface area contributed by atoms with E-state index in [1.165, 1.54) is 4.90 Å². The van der Waals surface area contributed by atoms with Gasteiger partial charge >= 0.3 is 5.97 Å². The molecular formula is C25H47N3O4. The van der Waals surface area contributed by atoms with Crippen molar-refractivity contribution >= 4 is 17.8 Å². The van der Waals surface area contributed by atoms with Crippen LogP contribution >= 0.6 is 0 Å². The van der Waals surface area contributed by atoms with Crippen molar-refractivity contribution in [1.82, 2.24) is 15.1 Å². The molecule has 0 aromatic rings. The maximum absolute atomic E-state index is 13.4. The summed E-state index contributed by atoms with van der Waals surface area (Å²) in [6.07, 6.45) is 6.74. The zero-order valence-corrected chi connectivity index (χ0v) is 22.1. The van der Waals surface area contributed by atoms with E-state index in [1.54, 1.807) is 27.0 Å². The highest BCUT2D eigenvalue weighted by atomic mass is 16.5. The molecule has 0 saturated carbocycles. The van der Waals surface area contributed by atoms with Gasteiger partial charge in [0.25, 0.3) is 0 Å². The van der Waals surface area contributed by atoms with Crippen LogP contribution < -0.4 is 5.32 Å². The van der Waals surface area contributed by atoms with Gasteiger partial charge in [-0.1, -0.05) is 59.5 Å². The summed E-state index contributed by atoms with van der Waals surface area (Å²) in [4.78, 5) is 41.9. The Hall–Kier alpha value is -1.89. The fourth-order valence-electron chi connectivity index (χ4n) is 3.28. The summed E-state index contributed by atoms with van der Waals surface area (Å²) in [7, 11) is 5.49. The molecule has 1 N–H and O–H groups in total. The number of hydrogen-bond acceptors (Lipinski definition) is 5. The second kappa shape index (κ2) is 13.6. The van der Waals surface area contributed by atoms with Gasteiger partial charge in [0.05, 0.1) is 12.1 Å². The Kier molecular flexibility index (Phi) is 12.8. The number of unbranched alkanes of at least 4 members (excludes halogenated alkanes) is 3. The lowest BCUT2D eigenvalue weighted by molar-refractivity contribution is -0.141. The molecule has 0 aliphatic carbocycles. The monoisotopic (exact) mass is 453 g/mol. The first-order chi connectivity index (χ1) is 14.7. The summed E-state index contributed by atoms with van der Waals surface area (Å²) in [6.45, 7) is 13.9. The smallest absolute Gasteiger partial charge is 0.333 e. The van der Waals surface area contributed by atoms with E-state index in [-0.39, 0.29) is 24.3 Å². The SMILES string of the molecule is CCCCCCC(C)(C(=O)NC(C(=O)N(C)C/C=C(\C)C(=O)OCC)C(C)(C)C)N(C)C. The molecule has 0 fully saturated rings. The summed E-state index contributed by atoms with van der Waals surface area (Å²) in [5.41, 5.74) is -0.720. The lowest BCUT2D eigenvalue weighted by Crippen LogP contribution is -2.61. The second-order valence-corrected chi connectivity index (χ2v) is 10.1. The Balaban J connectivity index is 5.47. The minimum absolute atomic E-state index is 0.140. The van der Waals surface area contributed by atoms with Gasteiger partial charge < -0.3 is 15.0 Å². The predicted octanol–water partition coefficient (Wildman–Crippen LogP) is 3.78. The maximum atomic E-state index is 13.4. The van der Waals surface area contributed by atoms with Crippen LogP contribution in [0.4, 0.5) is 0 Å². The highest BCUT2D eigenvalue weighted by molar-refractivity contribution is 5.92. The molecule has 7 heteroatoms. The maximum Gasteiger partial charge on any atom is 0.333 e. The number of carbonyl (C=O) groups excluding carboxylic acids is 3. The normalized spacial score (nSPS) is 15.2. The Morgan fingerprint density at radius 1 is 1.00 bits per heavy atom. The topological polar surface area (TPSA) is 79.0 Å². The van der Waals surface area contributed by atoms with E-state index in [4.69, 9.17) is 4.74 Å². The number of amides is 2. The standard InChI is InChI=1S/C25H47N3O4/c1-11-13-14-15-17-25(7,27(8)9)23(31)26-20(24(4,5)6)21(29)28(10)18-16-19(3)22(30)32-12-2/h16,20H,11-15,17-18H2,1-10H3,(H,26,31)/b19-16+. The van der Waals surface area contributed by atoms with E-state index in [9.17, 15) is 14.4 Å². The zero-order chi connectivity index (χ0) is 25.1. The first kappa shape index (κ1) is 30.1. The number of ether oxygens (including phenoxy) is 1. The Morgan fingerprint density at radius 2 is 1.59 bits per heavy atom. The first-order valence-electron chi connectivity index (χ1n) is 11.8. The largest absolute Gasteiger partial charge is 0.463 e. The van der Waals surface area contributed by atoms with Crippen LogP contribution in [-0.4, -0.2) is 73.5 Å². The van der Waals surface area contributed by atoms with Crippen molar-refractivity contribution in [2.75, 3.05) is 34.3 Å². The van der Waals surface area contributed by atoms with E-state index in [0.717, 1.165) is 32.1 Å². The van der Waals surface area contributed by atoms with Gasteiger partial charge in [-0.3, -0.25) is 14.5 Å². The highest BCUT2D eigenvalue weighted by Gasteiger charge is 2.41. The molecule has 186 valence electrons. The van der Waals surface area contributed by atoms with E-state index in [0.29, 0.717) is 12.2 Å². The molecule has 2 amide bonds. The first-order valence-corrected chi connectivity index (χ1v) is 11.8. The van der Waals surface area contributed by atoms with Crippen LogP contribution in [0.3, 0.4) is 0 Å². The molecule has 0 heterocycles. The number of carbonyl (C=O) groups is 3. The third kappa shape index (κ3) is 9.31. The van der Waals surface area contributed by atoms with Crippen molar-refractivity contribution in [3.63, 3.8) is 0 Å². The molecule has 2 atom stereocenters. The van der Waals surface area contributed by atoms with Crippen molar-refractivity contribution in [3.05, 3.63) is 11.6 Å². The molecule has 0 radical (unpaired) electrons. The van der Waals surface area contributed by atoms with Crippen molar-refractivity contribution in [2.45, 2.75) is 92.2 Å². The molecule has 0 aromatic carbocycles. The molecule has 0 aliphatic heterocycles. The molecule has 32 heavy (non-hydrogen) atoms. The van der Waals surface area contributed by atoms with E-state index < -0.39 is 17.0 Å². The Bertz CT molecular complexity index is 652. The van der Waals surface area contributed by atoms with Gasteiger partial charge in [0.2, 0.25) is 11.8 Å². The summed E-state index contributed by atoms with van der Waals surface area (Å²) >= 11 is 0. The zero-order valence-electron chi connectivity index (χ0n) is 22.1. The van der Waals surface area contributed by atoms with Crippen LogP contribution in [-0.2, 0) is 19.1 Å². The summed E-state index contributed by atoms with van der Waals surface area (Å²) in [5, 5.41) is 3.05. The van der Waals surface area contributed by atoms with Gasteiger partial charge in [-0.2, -0.15) is 0 Å². The van der Waals surface area contributed by atoms with Crippen LogP contribution in [0.5, 0.6) is 0 Å². The molecule has 0 rings (SSSR count). The molecule has 0 spiro atoms. The number of esters is 1. The van der Waals surface area contributed by atoms with Gasteiger partial charge in [-0.25, -0.2) is 4.79 Å². The number of nitrogens with zero attached hydrogens (tertiary/aromatic N) is 2. The molecule has 0 aliphatic rings. The average molecular weight is 454 g/mol. The lowest BCUT2D eigenvalue weighted by atomic mass is 9.84. The molecule has 0 aromatic heterocycles. The summed E-state index contributed by atoms with van der Waals surface area (Å²) in [6, 6.07) is -0.689. The van der Waals surface area contributed by atoms with Gasteiger partial charge in [-0.15, -0.1) is 0 Å². The van der Waals surface area contributed by atoms with Crippen molar-refractivity contribution < 1.29 is 19.1 Å². The van der Waals surface area contributed by atoms with Crippen LogP contribution in [0.15, 0.2) is 11.6 Å². The van der Waals surface area contributed by atoms with Crippen molar-refractivity contribution in [1.29, 1.82) is 0 Å². The van der Waals surface area contributed by atoms with Gasteiger partial charge in [-0.05, 0) is 46.7 Å². The van der Waals surface area contributed by atoms with Crippen LogP contribution in [0.25, 0.3) is 0 Å². The highest BCUT2D eigenvalue weighted by Crippen LogP contribution is 2.25. The minimum atomic E-state index is -0.698. The van der Waals surface area contributed by atoms with Crippen molar-refractivity contribution in [3.8, 4) is 0 Å². The molecule has 0 saturated heterocycles.